The molecule has 0 aromatic rings. The van der Waals surface area contributed by atoms with E-state index in [9.17, 15) is 8.42 Å². The van der Waals surface area contributed by atoms with E-state index in [1.165, 1.54) is 0 Å². The minimum atomic E-state index is -4.54. The molecule has 0 radical (unpaired) electrons. The van der Waals surface area contributed by atoms with E-state index in [2.05, 4.69) is 4.18 Å². The third-order valence-corrected chi connectivity index (χ3v) is 0.483. The molecule has 0 heterocycles. The molecule has 4 N–H and O–H groups in total. The summed E-state index contributed by atoms with van der Waals surface area (Å²) in [4.78, 5) is 9.06. The number of rotatable bonds is 2. The van der Waals surface area contributed by atoms with Gasteiger partial charge in [-0.15, -0.1) is 0 Å². The second-order valence-electron chi connectivity index (χ2n) is 0.620. The monoisotopic (exact) mass is 185 g/mol. The molecular weight excluding hydrogens is 178 g/mol. The van der Waals surface area contributed by atoms with Gasteiger partial charge in [0, 0.05) is 0 Å². The zero-order valence-corrected chi connectivity index (χ0v) is 4.59. The Morgan fingerprint density at radius 2 is 1.78 bits per heavy atom. The van der Waals surface area contributed by atoms with Gasteiger partial charge < -0.3 is 10.3 Å². The molecule has 0 unspecified atom stereocenters. The van der Waals surface area contributed by atoms with Gasteiger partial charge in [0.1, 0.15) is 0 Å². The van der Waals surface area contributed by atoms with E-state index in [0.717, 1.165) is 0 Å². The summed E-state index contributed by atoms with van der Waals surface area (Å²) in [6.07, 6.45) is 0. The Labute approximate surface area is 82.1 Å². The van der Waals surface area contributed by atoms with Gasteiger partial charge in [0.2, 0.25) is 0 Å². The van der Waals surface area contributed by atoms with E-state index >= 15 is 0 Å². The fourth-order valence-electron chi connectivity index (χ4n) is 0.0496. The third-order valence-electron chi connectivity index (χ3n) is 0.161. The Balaban J connectivity index is -0.000000180. The van der Waals surface area contributed by atoms with E-state index in [1.807, 2.05) is 0 Å². The van der Waals surface area contributed by atoms with Crippen molar-refractivity contribution in [2.24, 2.45) is 0 Å². The van der Waals surface area contributed by atoms with Crippen molar-refractivity contribution >= 4 is 54.6 Å². The van der Waals surface area contributed by atoms with E-state index < -0.39 is 10.4 Å². The standard InChI is InChI=1S/CH2O5S.Ca.H3N.2H/c2-1-6-7(3,4)5;;;;/h1H,(H,3,4,5);;1H3;;. The maximum absolute atomic E-state index is 9.33. The summed E-state index contributed by atoms with van der Waals surface area (Å²) in [6.45, 7) is -0.380. The van der Waals surface area contributed by atoms with Crippen LogP contribution >= 0.6 is 0 Å². The van der Waals surface area contributed by atoms with Crippen LogP contribution in [0.1, 0.15) is 0 Å². The van der Waals surface area contributed by atoms with E-state index in [4.69, 9.17) is 9.35 Å². The summed E-state index contributed by atoms with van der Waals surface area (Å²) in [5.74, 6) is 0. The Morgan fingerprint density at radius 3 is 1.78 bits per heavy atom. The number of hydrogen-bond donors (Lipinski definition) is 2. The van der Waals surface area contributed by atoms with Crippen molar-refractivity contribution < 1.29 is 21.9 Å². The van der Waals surface area contributed by atoms with Crippen LogP contribution in [0.25, 0.3) is 0 Å². The van der Waals surface area contributed by atoms with Gasteiger partial charge in [-0.05, 0) is 0 Å². The molecule has 0 aliphatic heterocycles. The zero-order chi connectivity index (χ0) is 5.91. The van der Waals surface area contributed by atoms with Crippen molar-refractivity contribution in [3.63, 3.8) is 0 Å². The predicted molar refractivity (Wildman–Crippen MR) is 32.3 cm³/mol. The number of hydrogen-bond acceptors (Lipinski definition) is 5. The van der Waals surface area contributed by atoms with Crippen LogP contribution in [0.15, 0.2) is 0 Å². The van der Waals surface area contributed by atoms with Crippen molar-refractivity contribution in [3.05, 3.63) is 0 Å². The maximum atomic E-state index is 9.33. The second kappa shape index (κ2) is 6.72. The Hall–Kier alpha value is 0.600. The van der Waals surface area contributed by atoms with Crippen LogP contribution in [0.3, 0.4) is 0 Å². The van der Waals surface area contributed by atoms with E-state index in [-0.39, 0.29) is 50.4 Å². The van der Waals surface area contributed by atoms with Gasteiger partial charge in [-0.3, -0.25) is 9.35 Å². The van der Waals surface area contributed by atoms with Gasteiger partial charge in [-0.1, -0.05) is 0 Å². The first-order valence-electron chi connectivity index (χ1n) is 1.15. The average molecular weight is 185 g/mol. The summed E-state index contributed by atoms with van der Waals surface area (Å²) in [5.41, 5.74) is 0. The molecular formula is CH7CaNO5S. The first-order valence-corrected chi connectivity index (χ1v) is 2.52. The Kier molecular flexibility index (Phi) is 12.2. The van der Waals surface area contributed by atoms with E-state index in [1.54, 1.807) is 0 Å². The minimum absolute atomic E-state index is 0. The van der Waals surface area contributed by atoms with Gasteiger partial charge in [0.05, 0.1) is 0 Å². The quantitative estimate of drug-likeness (QED) is 0.298. The van der Waals surface area contributed by atoms with Crippen molar-refractivity contribution in [2.75, 3.05) is 0 Å². The second-order valence-corrected chi connectivity index (χ2v) is 1.67. The zero-order valence-electron chi connectivity index (χ0n) is 3.77. The Bertz CT molecular complexity index is 150. The fraction of sp³-hybridized carbons (Fsp3) is 0. The molecule has 0 rings (SSSR count). The van der Waals surface area contributed by atoms with Crippen LogP contribution < -0.4 is 6.15 Å². The van der Waals surface area contributed by atoms with Crippen molar-refractivity contribution in [1.29, 1.82) is 0 Å². The van der Waals surface area contributed by atoms with Crippen LogP contribution in [-0.2, 0) is 19.4 Å². The third kappa shape index (κ3) is 17.7. The van der Waals surface area contributed by atoms with Crippen molar-refractivity contribution in [3.8, 4) is 0 Å². The molecule has 9 heavy (non-hydrogen) atoms. The predicted octanol–water partition coefficient (Wildman–Crippen LogP) is -1.79. The summed E-state index contributed by atoms with van der Waals surface area (Å²) in [5, 5.41) is 0. The van der Waals surface area contributed by atoms with Crippen molar-refractivity contribution in [2.45, 2.75) is 0 Å². The SMILES string of the molecule is N.O=COS(=O)(=O)O.[CaH2]. The molecule has 0 aliphatic rings. The molecule has 0 spiro atoms. The molecule has 0 fully saturated rings. The first-order chi connectivity index (χ1) is 3.06. The van der Waals surface area contributed by atoms with Crippen LogP contribution in [0.4, 0.5) is 0 Å². The van der Waals surface area contributed by atoms with Crippen LogP contribution in [-0.4, -0.2) is 57.2 Å². The molecule has 0 aliphatic carbocycles. The van der Waals surface area contributed by atoms with Gasteiger partial charge >= 0.3 is 54.6 Å². The van der Waals surface area contributed by atoms with E-state index in [0.29, 0.717) is 0 Å². The molecule has 0 atom stereocenters. The molecule has 0 saturated heterocycles. The van der Waals surface area contributed by atoms with Gasteiger partial charge in [0.25, 0.3) is 0 Å². The average Bonchev–Trinajstić information content (AvgIpc) is 1.30. The van der Waals surface area contributed by atoms with Crippen LogP contribution in [0.5, 0.6) is 0 Å². The molecule has 0 aromatic carbocycles. The molecule has 0 aromatic heterocycles. The van der Waals surface area contributed by atoms with Gasteiger partial charge in [-0.2, -0.15) is 8.42 Å². The van der Waals surface area contributed by atoms with Crippen LogP contribution in [0, 0.1) is 0 Å². The van der Waals surface area contributed by atoms with Crippen LogP contribution in [0.2, 0.25) is 0 Å². The van der Waals surface area contributed by atoms with Gasteiger partial charge in [0.15, 0.2) is 0 Å². The number of carbonyl (C=O) groups is 1. The fourth-order valence-corrected chi connectivity index (χ4v) is 0.149. The normalized spacial score (nSPS) is 8.11. The molecule has 8 heteroatoms. The molecule has 0 amide bonds. The summed E-state index contributed by atoms with van der Waals surface area (Å²) in [6, 6.07) is 0. The van der Waals surface area contributed by atoms with Gasteiger partial charge in [-0.25, -0.2) is 0 Å². The summed E-state index contributed by atoms with van der Waals surface area (Å²) in [7, 11) is -4.54. The first kappa shape index (κ1) is 16.3. The molecule has 6 nitrogen and oxygen atoms in total. The molecule has 0 bridgehead atoms. The molecule has 0 saturated carbocycles. The van der Waals surface area contributed by atoms with Crippen molar-refractivity contribution in [1.82, 2.24) is 6.15 Å². The summed E-state index contributed by atoms with van der Waals surface area (Å²) < 4.78 is 29.3. The number of carbonyl (C=O) groups excluding carboxylic acids is 1. The Morgan fingerprint density at radius 1 is 1.44 bits per heavy atom. The molecule has 54 valence electrons. The topological polar surface area (TPSA) is 116 Å². The summed E-state index contributed by atoms with van der Waals surface area (Å²) >= 11 is 0.